The van der Waals surface area contributed by atoms with Gasteiger partial charge in [0.25, 0.3) is 0 Å². The number of urea groups is 1. The first-order valence-corrected chi connectivity index (χ1v) is 27.3. The lowest BCUT2D eigenvalue weighted by Crippen LogP contribution is -2.51. The van der Waals surface area contributed by atoms with Crippen LogP contribution in [0.25, 0.3) is 0 Å². The van der Waals surface area contributed by atoms with Gasteiger partial charge in [-0.2, -0.15) is 11.8 Å². The summed E-state index contributed by atoms with van der Waals surface area (Å²) in [5.41, 5.74) is 12.1. The number of carbonyl (C=O) groups is 10. The van der Waals surface area contributed by atoms with E-state index in [0.717, 1.165) is 0 Å². The minimum Gasteiger partial charge on any atom is -0.480 e. The van der Waals surface area contributed by atoms with Crippen molar-refractivity contribution < 1.29 is 62.9 Å². The predicted octanol–water partition coefficient (Wildman–Crippen LogP) is -0.276. The number of carbonyl (C=O) groups excluding carboxylic acids is 8. The summed E-state index contributed by atoms with van der Waals surface area (Å²) in [5, 5.41) is 30.3. The van der Waals surface area contributed by atoms with Crippen molar-refractivity contribution >= 4 is 82.5 Å². The number of thioether (sulfide) groups is 1. The number of nitrogens with zero attached hydrogens (tertiary/aromatic N) is 6. The average Bonchev–Trinajstić information content (AvgIpc) is 3.84. The topological polar surface area (TPSA) is 349 Å². The number of Topliss-reactive ketones (excluding diaryl/α,β-unsaturated/α-hetero) is 2. The first kappa shape index (κ1) is 62.3. The highest BCUT2D eigenvalue weighted by Crippen LogP contribution is 2.24. The van der Waals surface area contributed by atoms with E-state index in [-0.39, 0.29) is 158 Å². The number of rotatable bonds is 29. The van der Waals surface area contributed by atoms with E-state index < -0.39 is 60.0 Å². The largest absolute Gasteiger partial charge is 0.480 e. The van der Waals surface area contributed by atoms with Crippen LogP contribution in [-0.2, 0) is 54.4 Å². The van der Waals surface area contributed by atoms with Crippen molar-refractivity contribution in [3.05, 3.63) is 29.8 Å². The maximum Gasteiger partial charge on any atom is 0.321 e. The third-order valence-corrected chi connectivity index (χ3v) is 14.3. The lowest BCUT2D eigenvalue weighted by molar-refractivity contribution is -0.143. The van der Waals surface area contributed by atoms with Crippen LogP contribution in [0.4, 0.5) is 10.5 Å². The number of guanidine groups is 1. The van der Waals surface area contributed by atoms with Crippen LogP contribution >= 0.6 is 11.8 Å². The van der Waals surface area contributed by atoms with E-state index in [1.165, 1.54) is 16.7 Å². The van der Waals surface area contributed by atoms with Crippen molar-refractivity contribution in [2.24, 2.45) is 34.2 Å². The molecule has 0 aliphatic carbocycles. The third-order valence-electron chi connectivity index (χ3n) is 13.7. The number of aliphatic imine (C=N–C) groups is 1. The average molecular weight is 1090 g/mol. The number of carboxylic acid groups (broad SMARTS) is 2. The monoisotopic (exact) mass is 1090 g/mol. The van der Waals surface area contributed by atoms with Gasteiger partial charge in [0.15, 0.2) is 23.8 Å². The van der Waals surface area contributed by atoms with Crippen LogP contribution in [0, 0.1) is 17.8 Å². The van der Waals surface area contributed by atoms with Gasteiger partial charge >= 0.3 is 23.9 Å². The second-order valence-corrected chi connectivity index (χ2v) is 20.6. The van der Waals surface area contributed by atoms with Gasteiger partial charge in [-0.1, -0.05) is 39.3 Å². The number of hydrogen-bond donors (Lipinski definition) is 8. The maximum absolute atomic E-state index is 14.1. The molecule has 3 heterocycles. The molecule has 25 nitrogen and oxygen atoms in total. The molecule has 422 valence electrons. The lowest BCUT2D eigenvalue weighted by Gasteiger charge is -2.33. The minimum absolute atomic E-state index is 0.00997. The maximum atomic E-state index is 14.1. The molecule has 0 saturated carbocycles. The molecule has 1 aromatic carbocycles. The lowest BCUT2D eigenvalue weighted by atomic mass is 9.84. The summed E-state index contributed by atoms with van der Waals surface area (Å²) in [6.45, 7) is 7.05. The fraction of sp³-hybridized carbons (Fsp3) is 0.660. The van der Waals surface area contributed by atoms with Crippen molar-refractivity contribution in [3.63, 3.8) is 0 Å². The zero-order valence-electron chi connectivity index (χ0n) is 44.2. The van der Waals surface area contributed by atoms with Gasteiger partial charge in [0.05, 0.1) is 44.8 Å². The smallest absolute Gasteiger partial charge is 0.321 e. The molecule has 0 spiro atoms. The van der Waals surface area contributed by atoms with Gasteiger partial charge in [0, 0.05) is 95.7 Å². The van der Waals surface area contributed by atoms with Gasteiger partial charge in [-0.25, -0.2) is 4.79 Å². The Balaban J connectivity index is 1.34. The molecule has 76 heavy (non-hydrogen) atoms. The van der Waals surface area contributed by atoms with Crippen LogP contribution in [0.1, 0.15) is 77.7 Å². The number of ketones is 2. The third kappa shape index (κ3) is 21.4. The van der Waals surface area contributed by atoms with Gasteiger partial charge in [0.2, 0.25) is 23.6 Å². The number of esters is 1. The number of fused-ring (bicyclic) bond motifs is 1. The number of amides is 6. The summed E-state index contributed by atoms with van der Waals surface area (Å²) in [6.07, 6.45) is 2.67. The molecule has 0 radical (unpaired) electrons. The first-order chi connectivity index (χ1) is 36.1. The summed E-state index contributed by atoms with van der Waals surface area (Å²) in [6, 6.07) is 4.14. The molecule has 3 aliphatic rings. The number of hydrogen-bond acceptors (Lipinski definition) is 17. The second-order valence-electron chi connectivity index (χ2n) is 19.6. The van der Waals surface area contributed by atoms with Crippen LogP contribution in [0.3, 0.4) is 0 Å². The zero-order chi connectivity index (χ0) is 55.9. The number of nitrogens with two attached hydrogens (primary N) is 2. The van der Waals surface area contributed by atoms with E-state index in [1.54, 1.807) is 50.8 Å². The Bertz CT molecular complexity index is 2220. The van der Waals surface area contributed by atoms with E-state index >= 15 is 0 Å². The quantitative estimate of drug-likeness (QED) is 0.0168. The van der Waals surface area contributed by atoms with Gasteiger partial charge in [-0.15, -0.1) is 0 Å². The van der Waals surface area contributed by atoms with E-state index in [9.17, 15) is 58.2 Å². The Morgan fingerprint density at radius 2 is 1.47 bits per heavy atom. The van der Waals surface area contributed by atoms with Crippen LogP contribution in [0.5, 0.6) is 0 Å². The van der Waals surface area contributed by atoms with E-state index in [2.05, 4.69) is 26.3 Å². The SMILES string of the molecule is CC[C@H](C)[C@H](CC(=O)[C@H](CCSC)NC(=O)Nc1ccc(CNC(=O)CN2CCN(CC(=O)O)CCN(CC(=O)O)CCN3CC(=O)OC3C2)cc1)C(=O)N[C@@H](CCCN=C(N)N)C(=O)CCCN1C(=O)CC(C)C1=O. The van der Waals surface area contributed by atoms with Crippen molar-refractivity contribution in [2.75, 3.05) is 102 Å². The molecule has 3 fully saturated rings. The number of ether oxygens (including phenoxy) is 1. The highest BCUT2D eigenvalue weighted by atomic mass is 32.2. The van der Waals surface area contributed by atoms with Crippen molar-refractivity contribution in [2.45, 2.75) is 97.0 Å². The number of nitrogens with one attached hydrogen (secondary N) is 4. The van der Waals surface area contributed by atoms with Crippen molar-refractivity contribution in [3.8, 4) is 0 Å². The Morgan fingerprint density at radius 1 is 0.842 bits per heavy atom. The van der Waals surface area contributed by atoms with Crippen LogP contribution < -0.4 is 32.7 Å². The van der Waals surface area contributed by atoms with E-state index in [1.807, 2.05) is 20.1 Å². The number of aliphatic carboxylic acids is 2. The molecule has 1 aromatic rings. The summed E-state index contributed by atoms with van der Waals surface area (Å²) < 4.78 is 5.58. The molecular weight excluding hydrogens is 1010 g/mol. The molecule has 6 amide bonds. The van der Waals surface area contributed by atoms with Crippen LogP contribution in [0.2, 0.25) is 0 Å². The summed E-state index contributed by atoms with van der Waals surface area (Å²) in [4.78, 5) is 141. The Kier molecular flexibility index (Phi) is 26.0. The molecule has 3 saturated heterocycles. The van der Waals surface area contributed by atoms with Crippen LogP contribution in [0.15, 0.2) is 29.3 Å². The number of imide groups is 1. The Hall–Kier alpha value is -6.22. The van der Waals surface area contributed by atoms with Gasteiger partial charge in [-0.05, 0) is 61.3 Å². The summed E-state index contributed by atoms with van der Waals surface area (Å²) >= 11 is 1.49. The molecule has 0 bridgehead atoms. The predicted molar refractivity (Wildman–Crippen MR) is 282 cm³/mol. The summed E-state index contributed by atoms with van der Waals surface area (Å²) in [7, 11) is 0. The van der Waals surface area contributed by atoms with E-state index in [0.29, 0.717) is 42.9 Å². The second kappa shape index (κ2) is 31.7. The summed E-state index contributed by atoms with van der Waals surface area (Å²) in [5.74, 6) is -5.72. The number of likely N-dealkylation sites (tertiary alicyclic amines) is 1. The Labute approximate surface area is 447 Å². The standard InChI is InChI=1S/C50H78N12O13S/c1-5-32(2)36(47(72)56-37(8-6-15-53-49(51)52)39(63)9-7-16-62-42(66)24-33(3)48(62)73)25-40(64)38(14-23-76-4)57-50(74)55-35-12-10-34(11-13-35)26-54-41(65)27-60-20-19-58(29-44(67)68)17-18-59(30-45(69)70)21-22-61-31-46(71)75-43(61)28-60/h10-13,32-33,36-38,43H,5-9,14-31H2,1-4H3,(H,54,65)(H,56,72)(H,67,68)(H,69,70)(H4,51,52,53)(H2,55,57,74)/t32-,33?,36-,37-,38-,43?/m0/s1. The van der Waals surface area contributed by atoms with Crippen LogP contribution in [-0.4, -0.2) is 215 Å². The number of carboxylic acids is 2. The molecule has 2 unspecified atom stereocenters. The molecule has 4 rings (SSSR count). The van der Waals surface area contributed by atoms with Crippen molar-refractivity contribution in [1.29, 1.82) is 0 Å². The first-order valence-electron chi connectivity index (χ1n) is 25.9. The molecule has 0 aromatic heterocycles. The molecule has 6 atom stereocenters. The normalized spacial score (nSPS) is 19.7. The molecule has 3 aliphatic heterocycles. The molecular formula is C50H78N12O13S. The zero-order valence-corrected chi connectivity index (χ0v) is 45.0. The highest BCUT2D eigenvalue weighted by Gasteiger charge is 2.37. The molecule has 10 N–H and O–H groups in total. The fourth-order valence-electron chi connectivity index (χ4n) is 9.12. The fourth-order valence-corrected chi connectivity index (χ4v) is 9.59. The van der Waals surface area contributed by atoms with Gasteiger partial charge in [0.1, 0.15) is 0 Å². The number of benzene rings is 1. The molecule has 26 heteroatoms. The van der Waals surface area contributed by atoms with Crippen molar-refractivity contribution in [1.82, 2.24) is 40.4 Å². The van der Waals surface area contributed by atoms with E-state index in [4.69, 9.17) is 16.2 Å². The number of anilines is 1. The Morgan fingerprint density at radius 3 is 2.07 bits per heavy atom. The minimum atomic E-state index is -1.05. The van der Waals surface area contributed by atoms with Gasteiger partial charge in [-0.3, -0.25) is 72.6 Å². The highest BCUT2D eigenvalue weighted by molar-refractivity contribution is 7.98. The van der Waals surface area contributed by atoms with Gasteiger partial charge < -0.3 is 47.7 Å².